The van der Waals surface area contributed by atoms with E-state index in [-0.39, 0.29) is 18.5 Å². The van der Waals surface area contributed by atoms with Crippen LogP contribution >= 0.6 is 0 Å². The maximum Gasteiger partial charge on any atom is 0.225 e. The number of benzene rings is 2. The number of hydrogen-bond donors (Lipinski definition) is 0. The lowest BCUT2D eigenvalue weighted by atomic mass is 10.2. The van der Waals surface area contributed by atoms with Crippen molar-refractivity contribution >= 4 is 23.2 Å². The molecule has 2 amide bonds. The number of anilines is 2. The smallest absolute Gasteiger partial charge is 0.225 e. The van der Waals surface area contributed by atoms with Gasteiger partial charge in [0.15, 0.2) is 0 Å². The van der Waals surface area contributed by atoms with Gasteiger partial charge in [-0.2, -0.15) is 0 Å². The molecule has 108 valence electrons. The van der Waals surface area contributed by atoms with Crippen LogP contribution in [0, 0.1) is 0 Å². The van der Waals surface area contributed by atoms with E-state index >= 15 is 0 Å². The molecule has 0 aliphatic carbocycles. The van der Waals surface area contributed by atoms with E-state index in [0.29, 0.717) is 0 Å². The minimum absolute atomic E-state index is 0.108. The summed E-state index contributed by atoms with van der Waals surface area (Å²) in [6.45, 7) is 3.19. The molecule has 0 unspecified atom stereocenters. The largest absolute Gasteiger partial charge is 0.294 e. The molecule has 0 aliphatic rings. The van der Waals surface area contributed by atoms with Gasteiger partial charge in [0.1, 0.15) is 6.67 Å². The van der Waals surface area contributed by atoms with E-state index in [9.17, 15) is 9.59 Å². The molecule has 0 atom stereocenters. The number of rotatable bonds is 4. The molecule has 0 bridgehead atoms. The Morgan fingerprint density at radius 2 is 1.05 bits per heavy atom. The van der Waals surface area contributed by atoms with Crippen LogP contribution in [0.1, 0.15) is 13.8 Å². The molecule has 2 aromatic rings. The van der Waals surface area contributed by atoms with Crippen LogP contribution in [0.15, 0.2) is 60.7 Å². The third-order valence-corrected chi connectivity index (χ3v) is 3.18. The Morgan fingerprint density at radius 3 is 1.33 bits per heavy atom. The summed E-state index contributed by atoms with van der Waals surface area (Å²) in [5.41, 5.74) is 1.54. The van der Waals surface area contributed by atoms with Crippen LogP contribution in [-0.4, -0.2) is 18.5 Å². The van der Waals surface area contributed by atoms with Gasteiger partial charge in [-0.1, -0.05) is 36.4 Å². The molecule has 0 fully saturated rings. The van der Waals surface area contributed by atoms with Gasteiger partial charge in [0.05, 0.1) is 0 Å². The summed E-state index contributed by atoms with van der Waals surface area (Å²) in [4.78, 5) is 27.0. The van der Waals surface area contributed by atoms with E-state index < -0.39 is 0 Å². The van der Waals surface area contributed by atoms with Crippen molar-refractivity contribution in [3.05, 3.63) is 60.7 Å². The molecule has 0 saturated heterocycles. The Balaban J connectivity index is 2.30. The summed E-state index contributed by atoms with van der Waals surface area (Å²) in [5.74, 6) is -0.216. The fraction of sp³-hybridized carbons (Fsp3) is 0.176. The molecular formula is C17H18N2O2. The molecule has 2 rings (SSSR count). The Bertz CT molecular complexity index is 556. The second-order valence-corrected chi connectivity index (χ2v) is 4.71. The zero-order valence-corrected chi connectivity index (χ0v) is 12.2. The minimum atomic E-state index is -0.108. The Labute approximate surface area is 124 Å². The predicted octanol–water partition coefficient (Wildman–Crippen LogP) is 3.05. The van der Waals surface area contributed by atoms with Crippen LogP contribution in [0.2, 0.25) is 0 Å². The highest BCUT2D eigenvalue weighted by Gasteiger charge is 2.18. The third kappa shape index (κ3) is 3.69. The molecule has 21 heavy (non-hydrogen) atoms. The van der Waals surface area contributed by atoms with E-state index in [4.69, 9.17) is 0 Å². The van der Waals surface area contributed by atoms with E-state index in [1.807, 2.05) is 60.7 Å². The zero-order valence-electron chi connectivity index (χ0n) is 12.2. The topological polar surface area (TPSA) is 40.6 Å². The molecule has 0 N–H and O–H groups in total. The number of para-hydroxylation sites is 2. The first kappa shape index (κ1) is 14.8. The summed E-state index contributed by atoms with van der Waals surface area (Å²) in [7, 11) is 0. The Morgan fingerprint density at radius 1 is 0.714 bits per heavy atom. The van der Waals surface area contributed by atoms with Gasteiger partial charge < -0.3 is 0 Å². The van der Waals surface area contributed by atoms with Gasteiger partial charge >= 0.3 is 0 Å². The van der Waals surface area contributed by atoms with E-state index in [1.165, 1.54) is 13.8 Å². The van der Waals surface area contributed by atoms with Gasteiger partial charge in [0.25, 0.3) is 0 Å². The molecule has 0 saturated carbocycles. The predicted molar refractivity (Wildman–Crippen MR) is 84.1 cm³/mol. The van der Waals surface area contributed by atoms with Gasteiger partial charge in [0, 0.05) is 25.2 Å². The Hall–Kier alpha value is -2.62. The van der Waals surface area contributed by atoms with Crippen molar-refractivity contribution < 1.29 is 9.59 Å². The molecular weight excluding hydrogens is 264 g/mol. The molecule has 0 radical (unpaired) electrons. The van der Waals surface area contributed by atoms with Crippen molar-refractivity contribution in [1.29, 1.82) is 0 Å². The first-order valence-corrected chi connectivity index (χ1v) is 6.76. The van der Waals surface area contributed by atoms with Crippen molar-refractivity contribution in [1.82, 2.24) is 0 Å². The average Bonchev–Trinajstić information content (AvgIpc) is 2.49. The number of carbonyl (C=O) groups excluding carboxylic acids is 2. The van der Waals surface area contributed by atoms with Gasteiger partial charge in [-0.05, 0) is 24.3 Å². The summed E-state index contributed by atoms with van der Waals surface area (Å²) in [6.07, 6.45) is 0. The molecule has 0 spiro atoms. The molecule has 0 heterocycles. The van der Waals surface area contributed by atoms with Crippen LogP contribution in [0.5, 0.6) is 0 Å². The summed E-state index contributed by atoms with van der Waals surface area (Å²) in [5, 5.41) is 0. The SMILES string of the molecule is CC(=O)N(CN(C(C)=O)c1ccccc1)c1ccccc1. The summed E-state index contributed by atoms with van der Waals surface area (Å²) in [6, 6.07) is 18.7. The zero-order chi connectivity index (χ0) is 15.2. The molecule has 4 heteroatoms. The van der Waals surface area contributed by atoms with Crippen LogP contribution in [0.25, 0.3) is 0 Å². The lowest BCUT2D eigenvalue weighted by Gasteiger charge is -2.29. The van der Waals surface area contributed by atoms with Gasteiger partial charge in [-0.15, -0.1) is 0 Å². The first-order chi connectivity index (χ1) is 10.1. The van der Waals surface area contributed by atoms with Crippen molar-refractivity contribution in [2.24, 2.45) is 0 Å². The maximum atomic E-state index is 11.9. The normalized spacial score (nSPS) is 10.0. The molecule has 0 aromatic heterocycles. The number of carbonyl (C=O) groups is 2. The van der Waals surface area contributed by atoms with Gasteiger partial charge in [0.2, 0.25) is 11.8 Å². The van der Waals surface area contributed by atoms with Crippen molar-refractivity contribution in [2.75, 3.05) is 16.5 Å². The minimum Gasteiger partial charge on any atom is -0.294 e. The second-order valence-electron chi connectivity index (χ2n) is 4.71. The molecule has 2 aromatic carbocycles. The number of amides is 2. The molecule has 0 aliphatic heterocycles. The first-order valence-electron chi connectivity index (χ1n) is 6.76. The number of nitrogens with zero attached hydrogens (tertiary/aromatic N) is 2. The highest BCUT2D eigenvalue weighted by Crippen LogP contribution is 2.18. The van der Waals surface area contributed by atoms with Crippen molar-refractivity contribution in [3.8, 4) is 0 Å². The standard InChI is InChI=1S/C17H18N2O2/c1-14(20)18(16-9-5-3-6-10-16)13-19(15(2)21)17-11-7-4-8-12-17/h3-12H,13H2,1-2H3. The van der Waals surface area contributed by atoms with Crippen LogP contribution in [0.3, 0.4) is 0 Å². The van der Waals surface area contributed by atoms with Gasteiger partial charge in [-0.3, -0.25) is 19.4 Å². The summed E-state index contributed by atoms with van der Waals surface area (Å²) >= 11 is 0. The van der Waals surface area contributed by atoms with Crippen LogP contribution in [0.4, 0.5) is 11.4 Å². The lowest BCUT2D eigenvalue weighted by molar-refractivity contribution is -0.117. The van der Waals surface area contributed by atoms with Crippen molar-refractivity contribution in [2.45, 2.75) is 13.8 Å². The molecule has 4 nitrogen and oxygen atoms in total. The van der Waals surface area contributed by atoms with Gasteiger partial charge in [-0.25, -0.2) is 0 Å². The second kappa shape index (κ2) is 6.70. The monoisotopic (exact) mass is 282 g/mol. The van der Waals surface area contributed by atoms with Crippen molar-refractivity contribution in [3.63, 3.8) is 0 Å². The quantitative estimate of drug-likeness (QED) is 0.809. The number of hydrogen-bond acceptors (Lipinski definition) is 2. The highest BCUT2D eigenvalue weighted by atomic mass is 16.2. The van der Waals surface area contributed by atoms with Crippen LogP contribution < -0.4 is 9.80 Å². The fourth-order valence-electron chi connectivity index (χ4n) is 2.08. The lowest BCUT2D eigenvalue weighted by Crippen LogP contribution is -2.43. The van der Waals surface area contributed by atoms with Crippen LogP contribution in [-0.2, 0) is 9.59 Å². The average molecular weight is 282 g/mol. The Kier molecular flexibility index (Phi) is 4.72. The van der Waals surface area contributed by atoms with E-state index in [2.05, 4.69) is 0 Å². The third-order valence-electron chi connectivity index (χ3n) is 3.18. The van der Waals surface area contributed by atoms with E-state index in [0.717, 1.165) is 11.4 Å². The maximum absolute atomic E-state index is 11.9. The van der Waals surface area contributed by atoms with E-state index in [1.54, 1.807) is 9.80 Å². The highest BCUT2D eigenvalue weighted by molar-refractivity contribution is 5.96. The fourth-order valence-corrected chi connectivity index (χ4v) is 2.08. The summed E-state index contributed by atoms with van der Waals surface area (Å²) < 4.78 is 0.